The van der Waals surface area contributed by atoms with Crippen LogP contribution in [-0.4, -0.2) is 13.3 Å². The number of rotatable bonds is 2. The molecular formula is C11H19NS. The maximum absolute atomic E-state index is 4.50. The average Bonchev–Trinajstić information content (AvgIpc) is 2.21. The summed E-state index contributed by atoms with van der Waals surface area (Å²) in [6.45, 7) is 4.44. The molecule has 0 aliphatic rings. The highest BCUT2D eigenvalue weighted by molar-refractivity contribution is 7.98. The van der Waals surface area contributed by atoms with Gasteiger partial charge in [0.1, 0.15) is 0 Å². The van der Waals surface area contributed by atoms with Gasteiger partial charge >= 0.3 is 0 Å². The lowest BCUT2D eigenvalue weighted by Gasteiger charge is -2.05. The normalized spacial score (nSPS) is 9.38. The molecule has 2 heteroatoms. The summed E-state index contributed by atoms with van der Waals surface area (Å²) in [6, 6.07) is 8.72. The Balaban J connectivity index is 0.000000671. The third-order valence-electron chi connectivity index (χ3n) is 1.76. The van der Waals surface area contributed by atoms with E-state index >= 15 is 0 Å². The molecule has 1 nitrogen and oxygen atoms in total. The SMILES string of the molecule is CN.CSc1cccc(C(C)C)c1. The van der Waals surface area contributed by atoms with E-state index in [-0.39, 0.29) is 0 Å². The fraction of sp³-hybridized carbons (Fsp3) is 0.455. The quantitative estimate of drug-likeness (QED) is 0.737. The second kappa shape index (κ2) is 6.98. The largest absolute Gasteiger partial charge is 0.333 e. The van der Waals surface area contributed by atoms with Crippen LogP contribution >= 0.6 is 11.8 Å². The molecule has 0 heterocycles. The van der Waals surface area contributed by atoms with E-state index in [1.54, 1.807) is 11.8 Å². The van der Waals surface area contributed by atoms with Gasteiger partial charge in [0.15, 0.2) is 0 Å². The minimum absolute atomic E-state index is 0.641. The summed E-state index contributed by atoms with van der Waals surface area (Å²) in [4.78, 5) is 1.36. The van der Waals surface area contributed by atoms with Crippen molar-refractivity contribution in [3.8, 4) is 0 Å². The van der Waals surface area contributed by atoms with Gasteiger partial charge in [0.2, 0.25) is 0 Å². The molecule has 0 aliphatic heterocycles. The van der Waals surface area contributed by atoms with Crippen molar-refractivity contribution in [1.82, 2.24) is 0 Å². The zero-order valence-electron chi connectivity index (χ0n) is 8.87. The Bertz CT molecular complexity index is 233. The summed E-state index contributed by atoms with van der Waals surface area (Å²) < 4.78 is 0. The minimum atomic E-state index is 0.641. The van der Waals surface area contributed by atoms with Crippen molar-refractivity contribution in [3.63, 3.8) is 0 Å². The lowest BCUT2D eigenvalue weighted by molar-refractivity contribution is 0.862. The van der Waals surface area contributed by atoms with E-state index in [0.717, 1.165) is 0 Å². The fourth-order valence-electron chi connectivity index (χ4n) is 1.00. The molecule has 0 bridgehead atoms. The van der Waals surface area contributed by atoms with Crippen molar-refractivity contribution in [2.24, 2.45) is 5.73 Å². The Morgan fingerprint density at radius 2 is 1.85 bits per heavy atom. The highest BCUT2D eigenvalue weighted by Crippen LogP contribution is 2.20. The minimum Gasteiger partial charge on any atom is -0.333 e. The van der Waals surface area contributed by atoms with Crippen LogP contribution in [0.15, 0.2) is 29.2 Å². The maximum Gasteiger partial charge on any atom is 0.00719 e. The second-order valence-corrected chi connectivity index (χ2v) is 3.81. The van der Waals surface area contributed by atoms with E-state index in [2.05, 4.69) is 50.1 Å². The zero-order valence-corrected chi connectivity index (χ0v) is 9.69. The third kappa shape index (κ3) is 4.34. The van der Waals surface area contributed by atoms with Crippen molar-refractivity contribution < 1.29 is 0 Å². The number of benzene rings is 1. The first-order chi connectivity index (χ1) is 6.24. The zero-order chi connectivity index (χ0) is 10.3. The lowest BCUT2D eigenvalue weighted by Crippen LogP contribution is -1.85. The molecule has 0 aromatic heterocycles. The van der Waals surface area contributed by atoms with Crippen LogP contribution in [0.25, 0.3) is 0 Å². The van der Waals surface area contributed by atoms with E-state index in [1.165, 1.54) is 17.5 Å². The summed E-state index contributed by atoms with van der Waals surface area (Å²) in [5.74, 6) is 0.641. The molecule has 0 amide bonds. The van der Waals surface area contributed by atoms with Gasteiger partial charge in [-0.25, -0.2) is 0 Å². The highest BCUT2D eigenvalue weighted by Gasteiger charge is 1.98. The molecule has 13 heavy (non-hydrogen) atoms. The topological polar surface area (TPSA) is 26.0 Å². The fourth-order valence-corrected chi connectivity index (χ4v) is 1.47. The molecule has 74 valence electrons. The monoisotopic (exact) mass is 197 g/mol. The Labute approximate surface area is 85.7 Å². The molecule has 1 rings (SSSR count). The number of hydrogen-bond donors (Lipinski definition) is 1. The number of thioether (sulfide) groups is 1. The van der Waals surface area contributed by atoms with Crippen molar-refractivity contribution in [2.45, 2.75) is 24.7 Å². The Hall–Kier alpha value is -0.470. The predicted octanol–water partition coefficient (Wildman–Crippen LogP) is 3.11. The predicted molar refractivity (Wildman–Crippen MR) is 62.4 cm³/mol. The first-order valence-corrected chi connectivity index (χ1v) is 5.68. The summed E-state index contributed by atoms with van der Waals surface area (Å²) in [5, 5.41) is 0. The van der Waals surface area contributed by atoms with Gasteiger partial charge in [-0.05, 0) is 36.9 Å². The molecule has 0 spiro atoms. The summed E-state index contributed by atoms with van der Waals surface area (Å²) in [5.41, 5.74) is 5.93. The second-order valence-electron chi connectivity index (χ2n) is 2.93. The third-order valence-corrected chi connectivity index (χ3v) is 2.49. The van der Waals surface area contributed by atoms with Gasteiger partial charge in [0.05, 0.1) is 0 Å². The van der Waals surface area contributed by atoms with E-state index in [9.17, 15) is 0 Å². The van der Waals surface area contributed by atoms with Gasteiger partial charge in [-0.2, -0.15) is 0 Å². The standard InChI is InChI=1S/C10H14S.CH5N/c1-8(2)9-5-4-6-10(7-9)11-3;1-2/h4-8H,1-3H3;2H2,1H3. The van der Waals surface area contributed by atoms with Crippen molar-refractivity contribution >= 4 is 11.8 Å². The summed E-state index contributed by atoms with van der Waals surface area (Å²) >= 11 is 1.80. The molecule has 0 fully saturated rings. The number of hydrogen-bond acceptors (Lipinski definition) is 2. The van der Waals surface area contributed by atoms with E-state index < -0.39 is 0 Å². The molecule has 0 atom stereocenters. The van der Waals surface area contributed by atoms with Gasteiger partial charge in [-0.1, -0.05) is 26.0 Å². The molecule has 1 aromatic rings. The first kappa shape index (κ1) is 12.5. The van der Waals surface area contributed by atoms with E-state index in [4.69, 9.17) is 0 Å². The van der Waals surface area contributed by atoms with E-state index in [0.29, 0.717) is 5.92 Å². The van der Waals surface area contributed by atoms with Crippen LogP contribution in [0.5, 0.6) is 0 Å². The Morgan fingerprint density at radius 1 is 1.23 bits per heavy atom. The van der Waals surface area contributed by atoms with Crippen LogP contribution in [0.3, 0.4) is 0 Å². The van der Waals surface area contributed by atoms with Crippen LogP contribution in [0.4, 0.5) is 0 Å². The van der Waals surface area contributed by atoms with Gasteiger partial charge < -0.3 is 5.73 Å². The van der Waals surface area contributed by atoms with Crippen LogP contribution < -0.4 is 5.73 Å². The molecule has 0 unspecified atom stereocenters. The summed E-state index contributed by atoms with van der Waals surface area (Å²) in [7, 11) is 1.50. The Morgan fingerprint density at radius 3 is 2.31 bits per heavy atom. The van der Waals surface area contributed by atoms with Gasteiger partial charge in [0, 0.05) is 4.90 Å². The van der Waals surface area contributed by atoms with Crippen LogP contribution in [-0.2, 0) is 0 Å². The van der Waals surface area contributed by atoms with Gasteiger partial charge in [-0.15, -0.1) is 11.8 Å². The van der Waals surface area contributed by atoms with Crippen molar-refractivity contribution in [3.05, 3.63) is 29.8 Å². The molecule has 0 radical (unpaired) electrons. The molecule has 0 aliphatic carbocycles. The molecule has 0 saturated carbocycles. The molecular weight excluding hydrogens is 178 g/mol. The summed E-state index contributed by atoms with van der Waals surface area (Å²) in [6.07, 6.45) is 2.11. The highest BCUT2D eigenvalue weighted by atomic mass is 32.2. The molecule has 1 aromatic carbocycles. The van der Waals surface area contributed by atoms with E-state index in [1.807, 2.05) is 0 Å². The molecule has 2 N–H and O–H groups in total. The average molecular weight is 197 g/mol. The molecule has 0 saturated heterocycles. The van der Waals surface area contributed by atoms with Crippen LogP contribution in [0, 0.1) is 0 Å². The lowest BCUT2D eigenvalue weighted by atomic mass is 10.0. The first-order valence-electron chi connectivity index (χ1n) is 4.45. The van der Waals surface area contributed by atoms with Crippen molar-refractivity contribution in [1.29, 1.82) is 0 Å². The van der Waals surface area contributed by atoms with Crippen LogP contribution in [0.1, 0.15) is 25.3 Å². The number of nitrogens with two attached hydrogens (primary N) is 1. The van der Waals surface area contributed by atoms with Crippen LogP contribution in [0.2, 0.25) is 0 Å². The maximum atomic E-state index is 4.50. The van der Waals surface area contributed by atoms with Gasteiger partial charge in [-0.3, -0.25) is 0 Å². The Kier molecular flexibility index (Phi) is 6.73. The van der Waals surface area contributed by atoms with Gasteiger partial charge in [0.25, 0.3) is 0 Å². The smallest absolute Gasteiger partial charge is 0.00719 e. The van der Waals surface area contributed by atoms with Crippen molar-refractivity contribution in [2.75, 3.05) is 13.3 Å².